The number of hydrogen-bond donors (Lipinski definition) is 4. The second-order valence-electron chi connectivity index (χ2n) is 4.30. The third kappa shape index (κ3) is 2.92. The molecule has 0 aliphatic heterocycles. The topological polar surface area (TPSA) is 89.8 Å². The number of amides is 1. The summed E-state index contributed by atoms with van der Waals surface area (Å²) in [6.45, 7) is 3.62. The van der Waals surface area contributed by atoms with Crippen molar-refractivity contribution in [3.8, 4) is 11.5 Å². The monoisotopic (exact) mass is 253 g/mol. The zero-order valence-electron chi connectivity index (χ0n) is 10.6. The summed E-state index contributed by atoms with van der Waals surface area (Å²) in [6, 6.07) is 3.86. The van der Waals surface area contributed by atoms with E-state index in [2.05, 4.69) is 5.32 Å². The van der Waals surface area contributed by atoms with Crippen LogP contribution in [0, 0.1) is 0 Å². The first-order valence-electron chi connectivity index (χ1n) is 5.93. The quantitative estimate of drug-likeness (QED) is 0.597. The van der Waals surface area contributed by atoms with Crippen molar-refractivity contribution >= 4 is 5.91 Å². The Labute approximate surface area is 106 Å². The van der Waals surface area contributed by atoms with Crippen molar-refractivity contribution in [1.82, 2.24) is 5.32 Å². The number of aliphatic hydroxyl groups excluding tert-OH is 1. The van der Waals surface area contributed by atoms with Crippen LogP contribution in [0.2, 0.25) is 0 Å². The molecule has 0 spiro atoms. The van der Waals surface area contributed by atoms with Gasteiger partial charge in [0.1, 0.15) is 0 Å². The third-order valence-electron chi connectivity index (χ3n) is 3.27. The number of phenolic OH excluding ortho intramolecular Hbond substituents is 2. The highest BCUT2D eigenvalue weighted by atomic mass is 16.3. The number of rotatable bonds is 5. The summed E-state index contributed by atoms with van der Waals surface area (Å²) in [7, 11) is 0. The maximum absolute atomic E-state index is 12.0. The van der Waals surface area contributed by atoms with E-state index < -0.39 is 5.54 Å². The molecule has 5 nitrogen and oxygen atoms in total. The molecule has 0 atom stereocenters. The van der Waals surface area contributed by atoms with Crippen molar-refractivity contribution in [3.05, 3.63) is 23.8 Å². The fourth-order valence-corrected chi connectivity index (χ4v) is 1.67. The SMILES string of the molecule is CCC(CC)(CO)NC(=O)c1ccc(O)c(O)c1. The molecule has 100 valence electrons. The Balaban J connectivity index is 2.90. The molecule has 5 heteroatoms. The zero-order chi connectivity index (χ0) is 13.8. The smallest absolute Gasteiger partial charge is 0.251 e. The first kappa shape index (κ1) is 14.3. The Hall–Kier alpha value is -1.75. The molecule has 0 aliphatic rings. The Kier molecular flexibility index (Phi) is 4.55. The fraction of sp³-hybridized carbons (Fsp3) is 0.462. The van der Waals surface area contributed by atoms with Crippen LogP contribution in [-0.4, -0.2) is 33.4 Å². The van der Waals surface area contributed by atoms with Gasteiger partial charge in [0.25, 0.3) is 5.91 Å². The summed E-state index contributed by atoms with van der Waals surface area (Å²) in [4.78, 5) is 12.0. The number of aromatic hydroxyl groups is 2. The maximum atomic E-state index is 12.0. The predicted octanol–water partition coefficient (Wildman–Crippen LogP) is 1.38. The molecular formula is C13H19NO4. The summed E-state index contributed by atoms with van der Waals surface area (Å²) in [5.41, 5.74) is -0.407. The van der Waals surface area contributed by atoms with Gasteiger partial charge in [0.15, 0.2) is 11.5 Å². The minimum atomic E-state index is -0.648. The standard InChI is InChI=1S/C13H19NO4/c1-3-13(4-2,8-15)14-12(18)9-5-6-10(16)11(17)7-9/h5-7,15-17H,3-4,8H2,1-2H3,(H,14,18). The molecule has 0 saturated carbocycles. The van der Waals surface area contributed by atoms with Gasteiger partial charge in [-0.1, -0.05) is 13.8 Å². The van der Waals surface area contributed by atoms with E-state index in [1.54, 1.807) is 0 Å². The molecule has 0 bridgehead atoms. The van der Waals surface area contributed by atoms with Crippen LogP contribution >= 0.6 is 0 Å². The van der Waals surface area contributed by atoms with Crippen molar-refractivity contribution in [2.75, 3.05) is 6.61 Å². The van der Waals surface area contributed by atoms with Crippen LogP contribution in [0.5, 0.6) is 11.5 Å². The van der Waals surface area contributed by atoms with Gasteiger partial charge in [0.2, 0.25) is 0 Å². The van der Waals surface area contributed by atoms with Crippen LogP contribution in [0.3, 0.4) is 0 Å². The highest BCUT2D eigenvalue weighted by Gasteiger charge is 2.27. The van der Waals surface area contributed by atoms with E-state index in [4.69, 9.17) is 0 Å². The molecule has 0 saturated heterocycles. The molecule has 1 amide bonds. The molecule has 0 heterocycles. The lowest BCUT2D eigenvalue weighted by molar-refractivity contribution is 0.0817. The maximum Gasteiger partial charge on any atom is 0.251 e. The van der Waals surface area contributed by atoms with E-state index in [0.717, 1.165) is 0 Å². The molecule has 1 aromatic carbocycles. The molecule has 4 N–H and O–H groups in total. The van der Waals surface area contributed by atoms with Crippen molar-refractivity contribution < 1.29 is 20.1 Å². The number of benzene rings is 1. The van der Waals surface area contributed by atoms with Gasteiger partial charge in [0.05, 0.1) is 12.1 Å². The summed E-state index contributed by atoms with van der Waals surface area (Å²) in [5.74, 6) is -1.00. The summed E-state index contributed by atoms with van der Waals surface area (Å²) >= 11 is 0. The lowest BCUT2D eigenvalue weighted by Crippen LogP contribution is -2.50. The largest absolute Gasteiger partial charge is 0.504 e. The molecule has 0 aromatic heterocycles. The van der Waals surface area contributed by atoms with Crippen LogP contribution in [0.4, 0.5) is 0 Å². The molecule has 0 unspecified atom stereocenters. The van der Waals surface area contributed by atoms with E-state index in [9.17, 15) is 20.1 Å². The van der Waals surface area contributed by atoms with Gasteiger partial charge in [-0.05, 0) is 31.0 Å². The molecule has 0 fully saturated rings. The summed E-state index contributed by atoms with van der Waals surface area (Å²) in [5, 5.41) is 30.6. The molecule has 1 aromatic rings. The highest BCUT2D eigenvalue weighted by Crippen LogP contribution is 2.25. The van der Waals surface area contributed by atoms with Crippen molar-refractivity contribution in [3.63, 3.8) is 0 Å². The number of hydrogen-bond acceptors (Lipinski definition) is 4. The van der Waals surface area contributed by atoms with Gasteiger partial charge < -0.3 is 20.6 Å². The van der Waals surface area contributed by atoms with Crippen LogP contribution in [0.15, 0.2) is 18.2 Å². The second-order valence-corrected chi connectivity index (χ2v) is 4.30. The minimum absolute atomic E-state index is 0.143. The first-order chi connectivity index (χ1) is 8.48. The zero-order valence-corrected chi connectivity index (χ0v) is 10.6. The van der Waals surface area contributed by atoms with E-state index >= 15 is 0 Å². The highest BCUT2D eigenvalue weighted by molar-refractivity contribution is 5.95. The molecule has 18 heavy (non-hydrogen) atoms. The minimum Gasteiger partial charge on any atom is -0.504 e. The Morgan fingerprint density at radius 1 is 1.22 bits per heavy atom. The summed E-state index contributed by atoms with van der Waals surface area (Å²) in [6.07, 6.45) is 1.21. The molecular weight excluding hydrogens is 234 g/mol. The van der Waals surface area contributed by atoms with Crippen LogP contribution in [0.25, 0.3) is 0 Å². The number of carbonyl (C=O) groups is 1. The van der Waals surface area contributed by atoms with E-state index in [1.165, 1.54) is 18.2 Å². The Bertz CT molecular complexity index is 419. The summed E-state index contributed by atoms with van der Waals surface area (Å²) < 4.78 is 0. The molecule has 1 rings (SSSR count). The van der Waals surface area contributed by atoms with Crippen molar-refractivity contribution in [1.29, 1.82) is 0 Å². The average molecular weight is 253 g/mol. The average Bonchev–Trinajstić information content (AvgIpc) is 2.39. The van der Waals surface area contributed by atoms with E-state index in [0.29, 0.717) is 12.8 Å². The fourth-order valence-electron chi connectivity index (χ4n) is 1.67. The van der Waals surface area contributed by atoms with Crippen LogP contribution in [-0.2, 0) is 0 Å². The number of aliphatic hydroxyl groups is 1. The van der Waals surface area contributed by atoms with E-state index in [1.807, 2.05) is 13.8 Å². The normalized spacial score (nSPS) is 11.3. The van der Waals surface area contributed by atoms with Crippen LogP contribution < -0.4 is 5.32 Å². The van der Waals surface area contributed by atoms with Gasteiger partial charge in [-0.15, -0.1) is 0 Å². The van der Waals surface area contributed by atoms with Gasteiger partial charge in [0, 0.05) is 5.56 Å². The Morgan fingerprint density at radius 2 is 1.83 bits per heavy atom. The third-order valence-corrected chi connectivity index (χ3v) is 3.27. The van der Waals surface area contributed by atoms with Crippen molar-refractivity contribution in [2.45, 2.75) is 32.2 Å². The number of carbonyl (C=O) groups excluding carboxylic acids is 1. The first-order valence-corrected chi connectivity index (χ1v) is 5.93. The lowest BCUT2D eigenvalue weighted by Gasteiger charge is -2.30. The van der Waals surface area contributed by atoms with Gasteiger partial charge >= 0.3 is 0 Å². The molecule has 0 aliphatic carbocycles. The van der Waals surface area contributed by atoms with E-state index in [-0.39, 0.29) is 29.6 Å². The van der Waals surface area contributed by atoms with Crippen LogP contribution in [0.1, 0.15) is 37.0 Å². The van der Waals surface area contributed by atoms with Gasteiger partial charge in [-0.25, -0.2) is 0 Å². The second kappa shape index (κ2) is 5.73. The van der Waals surface area contributed by atoms with Gasteiger partial charge in [-0.3, -0.25) is 4.79 Å². The van der Waals surface area contributed by atoms with Crippen molar-refractivity contribution in [2.24, 2.45) is 0 Å². The lowest BCUT2D eigenvalue weighted by atomic mass is 9.93. The predicted molar refractivity (Wildman–Crippen MR) is 67.6 cm³/mol. The van der Waals surface area contributed by atoms with Gasteiger partial charge in [-0.2, -0.15) is 0 Å². The number of nitrogens with one attached hydrogen (secondary N) is 1. The molecule has 0 radical (unpaired) electrons. The number of phenols is 2. The Morgan fingerprint density at radius 3 is 2.28 bits per heavy atom.